The minimum atomic E-state index is -0.485. The summed E-state index contributed by atoms with van der Waals surface area (Å²) in [5, 5.41) is 11.9. The van der Waals surface area contributed by atoms with Crippen LogP contribution < -0.4 is 16.2 Å². The Labute approximate surface area is 62.0 Å². The first-order valence-electron chi connectivity index (χ1n) is 3.64. The zero-order valence-corrected chi connectivity index (χ0v) is 6.65. The van der Waals surface area contributed by atoms with E-state index >= 15 is 0 Å². The van der Waals surface area contributed by atoms with Gasteiger partial charge in [-0.05, 0) is 13.5 Å². The van der Waals surface area contributed by atoms with Crippen molar-refractivity contribution in [1.29, 1.82) is 0 Å². The fraction of sp³-hybridized carbons (Fsp3) is 1.00. The number of hydrogen-bond donors (Lipinski definition) is 4. The van der Waals surface area contributed by atoms with Gasteiger partial charge in [0.1, 0.15) is 6.23 Å². The normalized spacial score (nSPS) is 13.5. The lowest BCUT2D eigenvalue weighted by Crippen LogP contribution is -2.42. The van der Waals surface area contributed by atoms with E-state index in [0.29, 0.717) is 0 Å². The Morgan fingerprint density at radius 1 is 1.40 bits per heavy atom. The number of aliphatic hydroxyl groups is 1. The number of rotatable bonds is 6. The molecule has 0 aliphatic heterocycles. The Morgan fingerprint density at radius 2 is 2.10 bits per heavy atom. The molecule has 1 atom stereocenters. The highest BCUT2D eigenvalue weighted by molar-refractivity contribution is 4.45. The highest BCUT2D eigenvalue weighted by atomic mass is 16.3. The Morgan fingerprint density at radius 3 is 2.60 bits per heavy atom. The van der Waals surface area contributed by atoms with E-state index in [9.17, 15) is 0 Å². The molecule has 0 amide bonds. The van der Waals surface area contributed by atoms with Crippen molar-refractivity contribution >= 4 is 0 Å². The van der Waals surface area contributed by atoms with Crippen LogP contribution in [-0.2, 0) is 0 Å². The summed E-state index contributed by atoms with van der Waals surface area (Å²) in [7, 11) is 0. The average Bonchev–Trinajstić information content (AvgIpc) is 1.87. The highest BCUT2D eigenvalue weighted by Gasteiger charge is 1.89. The predicted octanol–water partition coefficient (Wildman–Crippen LogP) is -0.972. The lowest BCUT2D eigenvalue weighted by molar-refractivity contribution is 0.138. The SMILES string of the molecule is CCNCCNNC(C)O. The Bertz CT molecular complexity index is 68.0. The quantitative estimate of drug-likeness (QED) is 0.222. The van der Waals surface area contributed by atoms with Crippen LogP contribution in [-0.4, -0.2) is 31.0 Å². The van der Waals surface area contributed by atoms with Crippen LogP contribution in [0.3, 0.4) is 0 Å². The van der Waals surface area contributed by atoms with E-state index in [1.54, 1.807) is 6.92 Å². The number of aliphatic hydroxyl groups excluding tert-OH is 1. The molecule has 0 aromatic rings. The molecule has 0 fully saturated rings. The molecule has 4 nitrogen and oxygen atoms in total. The Balaban J connectivity index is 2.77. The maximum Gasteiger partial charge on any atom is 0.114 e. The summed E-state index contributed by atoms with van der Waals surface area (Å²) in [5.41, 5.74) is 5.53. The lowest BCUT2D eigenvalue weighted by Gasteiger charge is -2.08. The predicted molar refractivity (Wildman–Crippen MR) is 41.4 cm³/mol. The van der Waals surface area contributed by atoms with E-state index in [0.717, 1.165) is 19.6 Å². The molecule has 4 heteroatoms. The molecule has 0 aliphatic rings. The maximum atomic E-state index is 8.71. The van der Waals surface area contributed by atoms with Gasteiger partial charge >= 0.3 is 0 Å². The molecular weight excluding hydrogens is 130 g/mol. The van der Waals surface area contributed by atoms with Crippen LogP contribution in [0.5, 0.6) is 0 Å². The largest absolute Gasteiger partial charge is 0.378 e. The minimum absolute atomic E-state index is 0.485. The summed E-state index contributed by atoms with van der Waals surface area (Å²) in [6.45, 7) is 6.44. The summed E-state index contributed by atoms with van der Waals surface area (Å²) in [5.74, 6) is 0. The number of hydrogen-bond acceptors (Lipinski definition) is 4. The molecule has 0 aliphatic carbocycles. The standard InChI is InChI=1S/C6H17N3O/c1-3-7-4-5-8-9-6(2)10/h6-10H,3-5H2,1-2H3. The van der Waals surface area contributed by atoms with Gasteiger partial charge in [-0.3, -0.25) is 5.43 Å². The van der Waals surface area contributed by atoms with Crippen molar-refractivity contribution in [2.45, 2.75) is 20.1 Å². The van der Waals surface area contributed by atoms with Gasteiger partial charge in [-0.1, -0.05) is 6.92 Å². The summed E-state index contributed by atoms with van der Waals surface area (Å²) >= 11 is 0. The van der Waals surface area contributed by atoms with Gasteiger partial charge in [-0.2, -0.15) is 0 Å². The van der Waals surface area contributed by atoms with Crippen LogP contribution in [0.4, 0.5) is 0 Å². The first-order valence-corrected chi connectivity index (χ1v) is 3.64. The van der Waals surface area contributed by atoms with Crippen molar-refractivity contribution in [2.24, 2.45) is 0 Å². The van der Waals surface area contributed by atoms with Crippen LogP contribution in [0.25, 0.3) is 0 Å². The molecule has 4 N–H and O–H groups in total. The molecule has 0 saturated carbocycles. The van der Waals surface area contributed by atoms with E-state index in [1.165, 1.54) is 0 Å². The van der Waals surface area contributed by atoms with Gasteiger partial charge in [0.25, 0.3) is 0 Å². The zero-order chi connectivity index (χ0) is 7.82. The molecule has 0 spiro atoms. The van der Waals surface area contributed by atoms with Crippen molar-refractivity contribution in [3.63, 3.8) is 0 Å². The number of nitrogens with one attached hydrogen (secondary N) is 3. The van der Waals surface area contributed by atoms with Crippen LogP contribution >= 0.6 is 0 Å². The highest BCUT2D eigenvalue weighted by Crippen LogP contribution is 1.63. The first kappa shape index (κ1) is 9.84. The molecule has 0 bridgehead atoms. The van der Waals surface area contributed by atoms with E-state index in [4.69, 9.17) is 5.11 Å². The van der Waals surface area contributed by atoms with Gasteiger partial charge in [0.2, 0.25) is 0 Å². The number of hydrazine groups is 1. The van der Waals surface area contributed by atoms with E-state index in [-0.39, 0.29) is 0 Å². The molecule has 0 aromatic heterocycles. The van der Waals surface area contributed by atoms with Crippen LogP contribution in [0.15, 0.2) is 0 Å². The summed E-state index contributed by atoms with van der Waals surface area (Å²) in [4.78, 5) is 0. The molecule has 0 radical (unpaired) electrons. The van der Waals surface area contributed by atoms with Gasteiger partial charge in [-0.25, -0.2) is 5.43 Å². The van der Waals surface area contributed by atoms with Gasteiger partial charge < -0.3 is 10.4 Å². The van der Waals surface area contributed by atoms with Crippen molar-refractivity contribution in [3.8, 4) is 0 Å². The summed E-state index contributed by atoms with van der Waals surface area (Å²) in [6.07, 6.45) is -0.485. The van der Waals surface area contributed by atoms with Gasteiger partial charge in [0.15, 0.2) is 0 Å². The van der Waals surface area contributed by atoms with Crippen LogP contribution in [0.1, 0.15) is 13.8 Å². The fourth-order valence-corrected chi connectivity index (χ4v) is 0.548. The molecule has 10 heavy (non-hydrogen) atoms. The van der Waals surface area contributed by atoms with Gasteiger partial charge in [0, 0.05) is 13.1 Å². The Hall–Kier alpha value is -0.160. The van der Waals surface area contributed by atoms with Crippen LogP contribution in [0.2, 0.25) is 0 Å². The fourth-order valence-electron chi connectivity index (χ4n) is 0.548. The monoisotopic (exact) mass is 147 g/mol. The molecule has 0 heterocycles. The molecular formula is C6H17N3O. The zero-order valence-electron chi connectivity index (χ0n) is 6.65. The Kier molecular flexibility index (Phi) is 6.84. The average molecular weight is 147 g/mol. The topological polar surface area (TPSA) is 56.3 Å². The second-order valence-electron chi connectivity index (χ2n) is 2.10. The van der Waals surface area contributed by atoms with Crippen molar-refractivity contribution < 1.29 is 5.11 Å². The third-order valence-electron chi connectivity index (χ3n) is 0.988. The van der Waals surface area contributed by atoms with E-state index < -0.39 is 6.23 Å². The smallest absolute Gasteiger partial charge is 0.114 e. The van der Waals surface area contributed by atoms with E-state index in [1.807, 2.05) is 0 Å². The molecule has 0 saturated heterocycles. The van der Waals surface area contributed by atoms with Gasteiger partial charge in [0.05, 0.1) is 0 Å². The third kappa shape index (κ3) is 7.84. The van der Waals surface area contributed by atoms with Crippen molar-refractivity contribution in [1.82, 2.24) is 16.2 Å². The summed E-state index contributed by atoms with van der Waals surface area (Å²) < 4.78 is 0. The maximum absolute atomic E-state index is 8.71. The first-order chi connectivity index (χ1) is 4.77. The minimum Gasteiger partial charge on any atom is -0.378 e. The van der Waals surface area contributed by atoms with Crippen molar-refractivity contribution in [2.75, 3.05) is 19.6 Å². The number of likely N-dealkylation sites (N-methyl/N-ethyl adjacent to an activating group) is 1. The third-order valence-corrected chi connectivity index (χ3v) is 0.988. The molecule has 0 rings (SSSR count). The van der Waals surface area contributed by atoms with E-state index in [2.05, 4.69) is 23.1 Å². The molecule has 1 unspecified atom stereocenters. The summed E-state index contributed by atoms with van der Waals surface area (Å²) in [6, 6.07) is 0. The molecule has 62 valence electrons. The second kappa shape index (κ2) is 6.95. The second-order valence-corrected chi connectivity index (χ2v) is 2.10. The molecule has 0 aromatic carbocycles. The van der Waals surface area contributed by atoms with Gasteiger partial charge in [-0.15, -0.1) is 0 Å². The van der Waals surface area contributed by atoms with Crippen LogP contribution in [0, 0.1) is 0 Å². The van der Waals surface area contributed by atoms with Crippen molar-refractivity contribution in [3.05, 3.63) is 0 Å². The lowest BCUT2D eigenvalue weighted by atomic mass is 10.6.